The third kappa shape index (κ3) is 6.15. The van der Waals surface area contributed by atoms with Crippen molar-refractivity contribution in [1.29, 1.82) is 0 Å². The molecule has 18 heavy (non-hydrogen) atoms. The van der Waals surface area contributed by atoms with Gasteiger partial charge in [0.1, 0.15) is 18.8 Å². The summed E-state index contributed by atoms with van der Waals surface area (Å²) >= 11 is 0. The van der Waals surface area contributed by atoms with E-state index in [2.05, 4.69) is 0 Å². The maximum absolute atomic E-state index is 11.6. The molecule has 0 heterocycles. The minimum absolute atomic E-state index is 0.115. The van der Waals surface area contributed by atoms with Crippen LogP contribution in [0.3, 0.4) is 0 Å². The van der Waals surface area contributed by atoms with E-state index in [1.807, 2.05) is 49.3 Å². The van der Waals surface area contributed by atoms with Gasteiger partial charge in [-0.15, -0.1) is 0 Å². The van der Waals surface area contributed by atoms with Crippen molar-refractivity contribution < 1.29 is 14.3 Å². The highest BCUT2D eigenvalue weighted by molar-refractivity contribution is 5.96. The number of nitrogens with zero attached hydrogens (tertiary/aromatic N) is 1. The number of rotatable bonds is 7. The van der Waals surface area contributed by atoms with Crippen molar-refractivity contribution in [2.24, 2.45) is 0 Å². The number of carbonyl (C=O) groups excluding carboxylic acids is 2. The molecule has 0 aliphatic rings. The van der Waals surface area contributed by atoms with E-state index in [4.69, 9.17) is 4.74 Å². The normalized spacial score (nSPS) is 10.4. The molecule has 0 aliphatic heterocycles. The van der Waals surface area contributed by atoms with E-state index in [0.717, 1.165) is 5.56 Å². The molecule has 1 aromatic rings. The minimum atomic E-state index is -0.446. The highest BCUT2D eigenvalue weighted by atomic mass is 16.5. The van der Waals surface area contributed by atoms with Crippen LogP contribution in [0, 0.1) is 0 Å². The second kappa shape index (κ2) is 7.61. The molecule has 0 bridgehead atoms. The van der Waals surface area contributed by atoms with Crippen molar-refractivity contribution in [3.63, 3.8) is 0 Å². The van der Waals surface area contributed by atoms with Crippen LogP contribution in [0.4, 0.5) is 0 Å². The largest absolute Gasteiger partial charge is 0.464 e. The lowest BCUT2D eigenvalue weighted by molar-refractivity contribution is -0.146. The highest BCUT2D eigenvalue weighted by Crippen LogP contribution is 2.02. The average Bonchev–Trinajstić information content (AvgIpc) is 2.29. The smallest absolute Gasteiger partial charge is 0.313 e. The number of hydrogen-bond acceptors (Lipinski definition) is 4. The van der Waals surface area contributed by atoms with Crippen molar-refractivity contribution in [3.05, 3.63) is 35.9 Å². The zero-order valence-corrected chi connectivity index (χ0v) is 10.9. The number of ether oxygens (including phenoxy) is 1. The molecule has 0 spiro atoms. The number of carbonyl (C=O) groups is 2. The van der Waals surface area contributed by atoms with Crippen molar-refractivity contribution in [1.82, 2.24) is 4.90 Å². The lowest BCUT2D eigenvalue weighted by Gasteiger charge is -2.09. The van der Waals surface area contributed by atoms with Gasteiger partial charge in [0, 0.05) is 13.0 Å². The maximum Gasteiger partial charge on any atom is 0.313 e. The standard InChI is InChI=1S/C14H19NO3/c1-15(2)8-9-18-14(17)11-13(16)10-12-6-4-3-5-7-12/h3-7H,8-11H2,1-2H3. The molecule has 0 fully saturated rings. The fourth-order valence-corrected chi connectivity index (χ4v) is 1.44. The van der Waals surface area contributed by atoms with Crippen LogP contribution >= 0.6 is 0 Å². The average molecular weight is 249 g/mol. The van der Waals surface area contributed by atoms with Crippen molar-refractivity contribution in [2.45, 2.75) is 12.8 Å². The fourth-order valence-electron chi connectivity index (χ4n) is 1.44. The van der Waals surface area contributed by atoms with E-state index < -0.39 is 5.97 Å². The number of hydrogen-bond donors (Lipinski definition) is 0. The monoisotopic (exact) mass is 249 g/mol. The quantitative estimate of drug-likeness (QED) is 0.539. The van der Waals surface area contributed by atoms with Gasteiger partial charge in [-0.3, -0.25) is 9.59 Å². The number of likely N-dealkylation sites (N-methyl/N-ethyl adjacent to an activating group) is 1. The fraction of sp³-hybridized carbons (Fsp3) is 0.429. The second-order valence-corrected chi connectivity index (χ2v) is 4.40. The summed E-state index contributed by atoms with van der Waals surface area (Å²) in [6.07, 6.45) is 0.131. The van der Waals surface area contributed by atoms with Gasteiger partial charge in [0.25, 0.3) is 0 Å². The van der Waals surface area contributed by atoms with E-state index in [-0.39, 0.29) is 18.6 Å². The van der Waals surface area contributed by atoms with Crippen LogP contribution in [0.25, 0.3) is 0 Å². The summed E-state index contributed by atoms with van der Waals surface area (Å²) < 4.78 is 4.96. The van der Waals surface area contributed by atoms with E-state index in [1.165, 1.54) is 0 Å². The Morgan fingerprint density at radius 2 is 1.83 bits per heavy atom. The molecule has 0 aromatic heterocycles. The molecule has 0 unspecified atom stereocenters. The second-order valence-electron chi connectivity index (χ2n) is 4.40. The summed E-state index contributed by atoms with van der Waals surface area (Å²) in [4.78, 5) is 24.9. The Morgan fingerprint density at radius 1 is 1.17 bits per heavy atom. The van der Waals surface area contributed by atoms with Crippen molar-refractivity contribution >= 4 is 11.8 Å². The summed E-state index contributed by atoms with van der Waals surface area (Å²) in [7, 11) is 3.79. The Kier molecular flexibility index (Phi) is 6.08. The molecule has 4 nitrogen and oxygen atoms in total. The van der Waals surface area contributed by atoms with E-state index in [9.17, 15) is 9.59 Å². The first-order valence-electron chi connectivity index (χ1n) is 5.94. The van der Waals surface area contributed by atoms with Crippen molar-refractivity contribution in [3.8, 4) is 0 Å². The predicted octanol–water partition coefficient (Wildman–Crippen LogP) is 1.29. The van der Waals surface area contributed by atoms with Gasteiger partial charge in [-0.05, 0) is 19.7 Å². The van der Waals surface area contributed by atoms with Crippen LogP contribution in [-0.4, -0.2) is 43.9 Å². The minimum Gasteiger partial charge on any atom is -0.464 e. The number of ketones is 1. The molecule has 1 rings (SSSR count). The first-order valence-corrected chi connectivity index (χ1v) is 5.94. The Hall–Kier alpha value is -1.68. The molecular formula is C14H19NO3. The summed E-state index contributed by atoms with van der Waals surface area (Å²) in [6.45, 7) is 0.989. The number of esters is 1. The number of benzene rings is 1. The third-order valence-electron chi connectivity index (χ3n) is 2.39. The topological polar surface area (TPSA) is 46.6 Å². The van der Waals surface area contributed by atoms with Gasteiger partial charge in [0.05, 0.1) is 0 Å². The van der Waals surface area contributed by atoms with Crippen molar-refractivity contribution in [2.75, 3.05) is 27.2 Å². The highest BCUT2D eigenvalue weighted by Gasteiger charge is 2.11. The Labute approximate surface area is 108 Å². The lowest BCUT2D eigenvalue weighted by Crippen LogP contribution is -2.21. The van der Waals surface area contributed by atoms with E-state index >= 15 is 0 Å². The van der Waals surface area contributed by atoms with E-state index in [1.54, 1.807) is 0 Å². The molecule has 0 saturated heterocycles. The molecule has 1 aromatic carbocycles. The van der Waals surface area contributed by atoms with Crippen LogP contribution in [0.2, 0.25) is 0 Å². The first-order chi connectivity index (χ1) is 8.58. The van der Waals surface area contributed by atoms with Gasteiger partial charge in [-0.25, -0.2) is 0 Å². The van der Waals surface area contributed by atoms with Crippen LogP contribution < -0.4 is 0 Å². The third-order valence-corrected chi connectivity index (χ3v) is 2.39. The van der Waals surface area contributed by atoms with Gasteiger partial charge in [0.2, 0.25) is 0 Å². The van der Waals surface area contributed by atoms with Gasteiger partial charge in [0.15, 0.2) is 0 Å². The SMILES string of the molecule is CN(C)CCOC(=O)CC(=O)Cc1ccccc1. The van der Waals surface area contributed by atoms with Crippen LogP contribution in [0.5, 0.6) is 0 Å². The zero-order valence-electron chi connectivity index (χ0n) is 10.9. The van der Waals surface area contributed by atoms with Gasteiger partial charge >= 0.3 is 5.97 Å². The molecule has 0 radical (unpaired) electrons. The molecule has 0 saturated carbocycles. The molecule has 0 amide bonds. The summed E-state index contributed by atoms with van der Waals surface area (Å²) in [5.41, 5.74) is 0.920. The summed E-state index contributed by atoms with van der Waals surface area (Å²) in [5.74, 6) is -0.561. The molecule has 0 atom stereocenters. The Morgan fingerprint density at radius 3 is 2.44 bits per heavy atom. The van der Waals surface area contributed by atoms with Gasteiger partial charge in [-0.1, -0.05) is 30.3 Å². The van der Waals surface area contributed by atoms with Gasteiger partial charge in [-0.2, -0.15) is 0 Å². The summed E-state index contributed by atoms with van der Waals surface area (Å²) in [5, 5.41) is 0. The van der Waals surface area contributed by atoms with Crippen LogP contribution in [-0.2, 0) is 20.7 Å². The predicted molar refractivity (Wildman–Crippen MR) is 69.3 cm³/mol. The maximum atomic E-state index is 11.6. The van der Waals surface area contributed by atoms with Crippen LogP contribution in [0.1, 0.15) is 12.0 Å². The van der Waals surface area contributed by atoms with Crippen LogP contribution in [0.15, 0.2) is 30.3 Å². The van der Waals surface area contributed by atoms with E-state index in [0.29, 0.717) is 13.2 Å². The Balaban J connectivity index is 2.25. The molecule has 4 heteroatoms. The zero-order chi connectivity index (χ0) is 13.4. The van der Waals surface area contributed by atoms with Gasteiger partial charge < -0.3 is 9.64 Å². The number of Topliss-reactive ketones (excluding diaryl/α,β-unsaturated/α-hetero) is 1. The molecule has 98 valence electrons. The first kappa shape index (κ1) is 14.4. The molecular weight excluding hydrogens is 230 g/mol. The Bertz CT molecular complexity index is 387. The lowest BCUT2D eigenvalue weighted by atomic mass is 10.1. The summed E-state index contributed by atoms with van der Waals surface area (Å²) in [6, 6.07) is 9.38. The molecule has 0 aliphatic carbocycles. The molecule has 0 N–H and O–H groups in total.